The Morgan fingerprint density at radius 2 is 1.69 bits per heavy atom. The van der Waals surface area contributed by atoms with E-state index in [9.17, 15) is 9.90 Å². The van der Waals surface area contributed by atoms with Crippen LogP contribution >= 0.6 is 0 Å². The topological polar surface area (TPSA) is 87.9 Å². The van der Waals surface area contributed by atoms with Gasteiger partial charge in [-0.25, -0.2) is 4.98 Å². The Balaban J connectivity index is 1.32. The molecule has 0 N–H and O–H groups in total. The molecule has 2 heterocycles. The van der Waals surface area contributed by atoms with Gasteiger partial charge in [0.05, 0.1) is 12.4 Å². The number of carbonyl (C=O) groups is 1. The Kier molecular flexibility index (Phi) is 5.19. The van der Waals surface area contributed by atoms with E-state index in [1.165, 1.54) is 0 Å². The van der Waals surface area contributed by atoms with Crippen molar-refractivity contribution < 1.29 is 23.8 Å². The van der Waals surface area contributed by atoms with Crippen molar-refractivity contribution in [1.82, 2.24) is 4.98 Å². The third kappa shape index (κ3) is 3.80. The average molecular weight is 467 g/mol. The molecular weight excluding hydrogens is 442 g/mol. The van der Waals surface area contributed by atoms with Gasteiger partial charge >= 0.3 is 0 Å². The normalized spacial score (nSPS) is 22.5. The quantitative estimate of drug-likeness (QED) is 0.355. The monoisotopic (exact) mass is 466 g/mol. The van der Waals surface area contributed by atoms with E-state index in [-0.39, 0.29) is 0 Å². The van der Waals surface area contributed by atoms with E-state index < -0.39 is 23.8 Å². The number of oxazole rings is 1. The Morgan fingerprint density at radius 3 is 2.43 bits per heavy atom. The summed E-state index contributed by atoms with van der Waals surface area (Å²) in [4.78, 5) is 15.7. The highest BCUT2D eigenvalue weighted by molar-refractivity contribution is 5.76. The second kappa shape index (κ2) is 8.40. The molecule has 1 aliphatic carbocycles. The summed E-state index contributed by atoms with van der Waals surface area (Å²) in [7, 11) is 0. The number of benzene rings is 3. The van der Waals surface area contributed by atoms with E-state index in [0.717, 1.165) is 47.4 Å². The highest BCUT2D eigenvalue weighted by Crippen LogP contribution is 2.67. The van der Waals surface area contributed by atoms with Crippen molar-refractivity contribution in [2.24, 2.45) is 0 Å². The van der Waals surface area contributed by atoms with Crippen LogP contribution < -0.4 is 9.84 Å². The maximum Gasteiger partial charge on any atom is 0.198 e. The number of hydrogen-bond donors (Lipinski definition) is 0. The lowest BCUT2D eigenvalue weighted by Gasteiger charge is -2.14. The van der Waals surface area contributed by atoms with Crippen LogP contribution in [-0.2, 0) is 21.6 Å². The van der Waals surface area contributed by atoms with Gasteiger partial charge in [-0.15, -0.1) is 0 Å². The molecule has 176 valence electrons. The minimum absolute atomic E-state index is 0.396. The first-order chi connectivity index (χ1) is 17.1. The zero-order chi connectivity index (χ0) is 23.9. The van der Waals surface area contributed by atoms with Crippen LogP contribution in [0.2, 0.25) is 0 Å². The maximum atomic E-state index is 10.8. The minimum Gasteiger partial charge on any atom is -0.546 e. The van der Waals surface area contributed by atoms with Gasteiger partial charge in [0.15, 0.2) is 11.7 Å². The van der Waals surface area contributed by atoms with Gasteiger partial charge in [0.1, 0.15) is 29.3 Å². The number of ether oxygens (including phenoxy) is 2. The van der Waals surface area contributed by atoms with Gasteiger partial charge < -0.3 is 23.8 Å². The van der Waals surface area contributed by atoms with Crippen LogP contribution in [0, 0.1) is 0 Å². The largest absolute Gasteiger partial charge is 0.546 e. The predicted octanol–water partition coefficient (Wildman–Crippen LogP) is 4.53. The molecule has 0 amide bonds. The van der Waals surface area contributed by atoms with Gasteiger partial charge in [-0.3, -0.25) is 0 Å². The summed E-state index contributed by atoms with van der Waals surface area (Å²) < 4.78 is 18.2. The number of carboxylic acid groups (broad SMARTS) is 1. The van der Waals surface area contributed by atoms with Crippen molar-refractivity contribution in [1.29, 1.82) is 0 Å². The lowest BCUT2D eigenvalue weighted by Crippen LogP contribution is -2.29. The molecular formula is C29H24NO5-. The van der Waals surface area contributed by atoms with Crippen LogP contribution in [0.4, 0.5) is 0 Å². The number of hydrogen-bond acceptors (Lipinski definition) is 6. The molecule has 4 aromatic rings. The van der Waals surface area contributed by atoms with Gasteiger partial charge in [0, 0.05) is 11.1 Å². The van der Waals surface area contributed by atoms with Gasteiger partial charge in [-0.1, -0.05) is 72.8 Å². The molecule has 1 aliphatic heterocycles. The third-order valence-corrected chi connectivity index (χ3v) is 7.02. The predicted molar refractivity (Wildman–Crippen MR) is 127 cm³/mol. The van der Waals surface area contributed by atoms with Crippen molar-refractivity contribution in [3.63, 3.8) is 0 Å². The number of epoxide rings is 1. The van der Waals surface area contributed by atoms with Gasteiger partial charge in [0.2, 0.25) is 0 Å². The van der Waals surface area contributed by atoms with Crippen LogP contribution in [0.3, 0.4) is 0 Å². The first-order valence-corrected chi connectivity index (χ1v) is 11.8. The molecule has 1 aromatic heterocycles. The molecule has 6 nitrogen and oxygen atoms in total. The number of fused-ring (bicyclic) bond motifs is 1. The highest BCUT2D eigenvalue weighted by Gasteiger charge is 2.73. The number of rotatable bonds is 8. The van der Waals surface area contributed by atoms with Gasteiger partial charge in [-0.05, 0) is 37.0 Å². The van der Waals surface area contributed by atoms with Crippen molar-refractivity contribution in [2.75, 3.05) is 6.61 Å². The van der Waals surface area contributed by atoms with E-state index >= 15 is 0 Å². The Hall–Kier alpha value is -3.90. The van der Waals surface area contributed by atoms with Crippen LogP contribution in [0.15, 0.2) is 89.3 Å². The Morgan fingerprint density at radius 1 is 0.943 bits per heavy atom. The smallest absolute Gasteiger partial charge is 0.198 e. The van der Waals surface area contributed by atoms with Crippen LogP contribution in [0.5, 0.6) is 5.75 Å². The summed E-state index contributed by atoms with van der Waals surface area (Å²) in [5.41, 5.74) is 2.96. The lowest BCUT2D eigenvalue weighted by molar-refractivity contribution is -0.307. The van der Waals surface area contributed by atoms with E-state index in [1.807, 2.05) is 78.9 Å². The third-order valence-electron chi connectivity index (χ3n) is 7.02. The molecule has 2 atom stereocenters. The van der Waals surface area contributed by atoms with E-state index in [2.05, 4.69) is 0 Å². The fourth-order valence-corrected chi connectivity index (χ4v) is 5.44. The first kappa shape index (κ1) is 21.6. The zero-order valence-electron chi connectivity index (χ0n) is 19.1. The Labute approximate surface area is 203 Å². The summed E-state index contributed by atoms with van der Waals surface area (Å²) in [6.07, 6.45) is 3.38. The second-order valence-electron chi connectivity index (χ2n) is 9.16. The van der Waals surface area contributed by atoms with Crippen LogP contribution in [0.1, 0.15) is 30.7 Å². The van der Waals surface area contributed by atoms with Crippen molar-refractivity contribution >= 4 is 5.97 Å². The molecule has 2 fully saturated rings. The molecule has 6 rings (SSSR count). The molecule has 1 saturated carbocycles. The summed E-state index contributed by atoms with van der Waals surface area (Å²) >= 11 is 0. The molecule has 0 radical (unpaired) electrons. The van der Waals surface area contributed by atoms with Crippen LogP contribution in [-0.4, -0.2) is 23.2 Å². The van der Waals surface area contributed by atoms with Crippen molar-refractivity contribution in [3.05, 3.63) is 96.4 Å². The molecule has 2 aliphatic rings. The average Bonchev–Trinajstić information content (AvgIpc) is 3.15. The molecule has 0 spiro atoms. The fourth-order valence-electron chi connectivity index (χ4n) is 5.44. The van der Waals surface area contributed by atoms with Crippen molar-refractivity contribution in [2.45, 2.75) is 36.9 Å². The van der Waals surface area contributed by atoms with Gasteiger partial charge in [0.25, 0.3) is 0 Å². The van der Waals surface area contributed by atoms with Crippen LogP contribution in [0.25, 0.3) is 22.6 Å². The number of aromatic nitrogens is 1. The van der Waals surface area contributed by atoms with E-state index in [4.69, 9.17) is 18.9 Å². The van der Waals surface area contributed by atoms with E-state index in [1.54, 1.807) is 6.07 Å². The SMILES string of the molecule is O=C([O-])COc1cccc(C23CCCC2(Cc2nc(-c4ccccc4)c(-c4ccccc4)o2)O3)c1. The number of carbonyl (C=O) groups excluding carboxylic acids is 1. The first-order valence-electron chi connectivity index (χ1n) is 11.8. The molecule has 1 saturated heterocycles. The Bertz CT molecular complexity index is 1310. The molecule has 2 unspecified atom stereocenters. The molecule has 6 heteroatoms. The van der Waals surface area contributed by atoms with E-state index in [0.29, 0.717) is 18.1 Å². The lowest BCUT2D eigenvalue weighted by atomic mass is 9.86. The summed E-state index contributed by atoms with van der Waals surface area (Å²) in [6.45, 7) is -0.483. The zero-order valence-corrected chi connectivity index (χ0v) is 19.1. The number of carboxylic acids is 1. The number of aliphatic carboxylic acids is 1. The van der Waals surface area contributed by atoms with Crippen molar-refractivity contribution in [3.8, 4) is 28.3 Å². The molecule has 3 aromatic carbocycles. The maximum absolute atomic E-state index is 10.8. The minimum atomic E-state index is -1.25. The highest BCUT2D eigenvalue weighted by atomic mass is 16.6. The van der Waals surface area contributed by atoms with Gasteiger partial charge in [-0.2, -0.15) is 0 Å². The molecule has 35 heavy (non-hydrogen) atoms. The standard InChI is InChI=1S/C29H25NO5/c31-25(32)19-33-23-14-7-13-22(17-23)29-16-8-15-28(29,35-29)18-24-30-26(20-9-3-1-4-10-20)27(34-24)21-11-5-2-6-12-21/h1-7,9-14,17H,8,15-16,18-19H2,(H,31,32)/p-1. The summed E-state index contributed by atoms with van der Waals surface area (Å²) in [5.74, 6) is 0.644. The summed E-state index contributed by atoms with van der Waals surface area (Å²) in [6, 6.07) is 27.6. The second-order valence-corrected chi connectivity index (χ2v) is 9.16. The number of nitrogens with zero attached hydrogens (tertiary/aromatic N) is 1. The fraction of sp³-hybridized carbons (Fsp3) is 0.241. The molecule has 0 bridgehead atoms. The summed E-state index contributed by atoms with van der Waals surface area (Å²) in [5, 5.41) is 10.8.